The molecule has 0 radical (unpaired) electrons. The summed E-state index contributed by atoms with van der Waals surface area (Å²) in [4.78, 5) is 15.3. The number of aromatic nitrogens is 1. The Hall–Kier alpha value is -0.510. The van der Waals surface area contributed by atoms with E-state index in [0.29, 0.717) is 5.69 Å². The molecule has 0 bridgehead atoms. The van der Waals surface area contributed by atoms with Gasteiger partial charge in [-0.05, 0) is 13.0 Å². The number of ether oxygens (including phenoxy) is 1. The summed E-state index contributed by atoms with van der Waals surface area (Å²) in [5.41, 5.74) is 0.482. The van der Waals surface area contributed by atoms with Crippen molar-refractivity contribution in [1.29, 1.82) is 0 Å². The molecule has 0 saturated heterocycles. The first-order valence-corrected chi connectivity index (χ1v) is 5.47. The SMILES string of the molecule is CCOC(=O)c1cc(Cl)c(Cl)c(CCl)n1. The normalized spacial score (nSPS) is 10.1. The van der Waals surface area contributed by atoms with Crippen LogP contribution in [0.3, 0.4) is 0 Å². The Bertz CT molecular complexity index is 382. The molecule has 0 N–H and O–H groups in total. The highest BCUT2D eigenvalue weighted by Gasteiger charge is 2.14. The number of halogens is 3. The molecule has 82 valence electrons. The van der Waals surface area contributed by atoms with Gasteiger partial charge in [-0.2, -0.15) is 0 Å². The number of carbonyl (C=O) groups excluding carboxylic acids is 1. The maximum absolute atomic E-state index is 11.3. The summed E-state index contributed by atoms with van der Waals surface area (Å²) in [6.07, 6.45) is 0. The topological polar surface area (TPSA) is 39.2 Å². The van der Waals surface area contributed by atoms with Gasteiger partial charge in [0, 0.05) is 0 Å². The van der Waals surface area contributed by atoms with Crippen molar-refractivity contribution in [1.82, 2.24) is 4.98 Å². The summed E-state index contributed by atoms with van der Waals surface area (Å²) in [6.45, 7) is 1.98. The average Bonchev–Trinajstić information content (AvgIpc) is 2.22. The second-order valence-corrected chi connectivity index (χ2v) is 3.66. The third-order valence-corrected chi connectivity index (χ3v) is 2.66. The first kappa shape index (κ1) is 12.6. The number of hydrogen-bond donors (Lipinski definition) is 0. The van der Waals surface area contributed by atoms with E-state index in [9.17, 15) is 4.79 Å². The third-order valence-electron chi connectivity index (χ3n) is 1.59. The second-order valence-electron chi connectivity index (χ2n) is 2.60. The predicted molar refractivity (Wildman–Crippen MR) is 59.8 cm³/mol. The van der Waals surface area contributed by atoms with E-state index in [4.69, 9.17) is 39.5 Å². The van der Waals surface area contributed by atoms with Crippen molar-refractivity contribution < 1.29 is 9.53 Å². The van der Waals surface area contributed by atoms with Crippen molar-refractivity contribution in [2.75, 3.05) is 6.61 Å². The van der Waals surface area contributed by atoms with E-state index in [2.05, 4.69) is 4.98 Å². The smallest absolute Gasteiger partial charge is 0.356 e. The summed E-state index contributed by atoms with van der Waals surface area (Å²) in [5.74, 6) is -0.450. The molecule has 6 heteroatoms. The summed E-state index contributed by atoms with van der Waals surface area (Å²) in [6, 6.07) is 1.36. The molecule has 1 aromatic heterocycles. The number of alkyl halides is 1. The minimum absolute atomic E-state index is 0.0891. The average molecular weight is 269 g/mol. The fourth-order valence-corrected chi connectivity index (χ4v) is 1.58. The first-order valence-electron chi connectivity index (χ1n) is 4.18. The van der Waals surface area contributed by atoms with E-state index in [1.807, 2.05) is 0 Å². The summed E-state index contributed by atoms with van der Waals surface area (Å²) in [7, 11) is 0. The number of esters is 1. The molecule has 1 rings (SSSR count). The minimum Gasteiger partial charge on any atom is -0.461 e. The molecule has 0 aromatic carbocycles. The van der Waals surface area contributed by atoms with E-state index in [-0.39, 0.29) is 28.2 Å². The Labute approximate surface area is 102 Å². The van der Waals surface area contributed by atoms with Crippen molar-refractivity contribution in [2.45, 2.75) is 12.8 Å². The van der Waals surface area contributed by atoms with Crippen LogP contribution in [0.15, 0.2) is 6.07 Å². The van der Waals surface area contributed by atoms with Gasteiger partial charge in [0.15, 0.2) is 0 Å². The molecule has 3 nitrogen and oxygen atoms in total. The van der Waals surface area contributed by atoms with Crippen LogP contribution < -0.4 is 0 Å². The molecule has 0 aliphatic carbocycles. The lowest BCUT2D eigenvalue weighted by Crippen LogP contribution is -2.08. The van der Waals surface area contributed by atoms with Crippen molar-refractivity contribution in [3.8, 4) is 0 Å². The van der Waals surface area contributed by atoms with E-state index < -0.39 is 5.97 Å². The summed E-state index contributed by atoms with van der Waals surface area (Å²) < 4.78 is 4.78. The molecule has 0 amide bonds. The maximum Gasteiger partial charge on any atom is 0.356 e. The molecule has 1 aromatic rings. The van der Waals surface area contributed by atoms with Crippen molar-refractivity contribution in [3.63, 3.8) is 0 Å². The van der Waals surface area contributed by atoms with Crippen LogP contribution >= 0.6 is 34.8 Å². The van der Waals surface area contributed by atoms with Crippen LogP contribution in [0, 0.1) is 0 Å². The highest BCUT2D eigenvalue weighted by molar-refractivity contribution is 6.42. The third kappa shape index (κ3) is 2.97. The Morgan fingerprint density at radius 3 is 2.73 bits per heavy atom. The van der Waals surface area contributed by atoms with Gasteiger partial charge < -0.3 is 4.74 Å². The van der Waals surface area contributed by atoms with Crippen molar-refractivity contribution in [2.24, 2.45) is 0 Å². The van der Waals surface area contributed by atoms with Gasteiger partial charge in [-0.25, -0.2) is 9.78 Å². The van der Waals surface area contributed by atoms with Crippen LogP contribution in [-0.4, -0.2) is 17.6 Å². The molecule has 0 fully saturated rings. The molecule has 0 aliphatic heterocycles. The number of rotatable bonds is 3. The number of carbonyl (C=O) groups is 1. The molecule has 1 heterocycles. The van der Waals surface area contributed by atoms with Crippen molar-refractivity contribution in [3.05, 3.63) is 27.5 Å². The Kier molecular flexibility index (Phi) is 4.64. The van der Waals surface area contributed by atoms with Crippen molar-refractivity contribution >= 4 is 40.8 Å². The van der Waals surface area contributed by atoms with Gasteiger partial charge in [0.2, 0.25) is 0 Å². The lowest BCUT2D eigenvalue weighted by Gasteiger charge is -2.05. The lowest BCUT2D eigenvalue weighted by molar-refractivity contribution is 0.0519. The van der Waals surface area contributed by atoms with Gasteiger partial charge in [-0.15, -0.1) is 11.6 Å². The molecular weight excluding hydrogens is 260 g/mol. The molecule has 0 unspecified atom stereocenters. The van der Waals surface area contributed by atoms with E-state index in [1.54, 1.807) is 6.92 Å². The number of nitrogens with zero attached hydrogens (tertiary/aromatic N) is 1. The quantitative estimate of drug-likeness (QED) is 0.624. The van der Waals surface area contributed by atoms with Gasteiger partial charge in [0.05, 0.1) is 28.2 Å². The fourth-order valence-electron chi connectivity index (χ4n) is 0.946. The number of pyridine rings is 1. The standard InChI is InChI=1S/C9H8Cl3NO2/c1-2-15-9(14)6-3-5(11)8(12)7(4-10)13-6/h3H,2,4H2,1H3. The van der Waals surface area contributed by atoms with Gasteiger partial charge in [-0.1, -0.05) is 23.2 Å². The summed E-state index contributed by atoms with van der Waals surface area (Å²) >= 11 is 17.2. The largest absolute Gasteiger partial charge is 0.461 e. The predicted octanol–water partition coefficient (Wildman–Crippen LogP) is 3.30. The second kappa shape index (κ2) is 5.54. The summed E-state index contributed by atoms with van der Waals surface area (Å²) in [5, 5.41) is 0.505. The zero-order valence-electron chi connectivity index (χ0n) is 7.89. The lowest BCUT2D eigenvalue weighted by atomic mass is 10.3. The van der Waals surface area contributed by atoms with E-state index >= 15 is 0 Å². The number of hydrogen-bond acceptors (Lipinski definition) is 3. The van der Waals surface area contributed by atoms with Crippen LogP contribution in [0.4, 0.5) is 0 Å². The van der Waals surface area contributed by atoms with Gasteiger partial charge >= 0.3 is 5.97 Å². The monoisotopic (exact) mass is 267 g/mol. The zero-order chi connectivity index (χ0) is 11.4. The molecule has 0 saturated carbocycles. The van der Waals surface area contributed by atoms with Crippen LogP contribution in [0.25, 0.3) is 0 Å². The molecule has 0 spiro atoms. The van der Waals surface area contributed by atoms with Crippen LogP contribution in [0.5, 0.6) is 0 Å². The molecule has 0 atom stereocenters. The van der Waals surface area contributed by atoms with Crippen LogP contribution in [0.1, 0.15) is 23.1 Å². The molecular formula is C9H8Cl3NO2. The van der Waals surface area contributed by atoms with Gasteiger partial charge in [-0.3, -0.25) is 0 Å². The Balaban J connectivity index is 3.10. The Morgan fingerprint density at radius 1 is 1.53 bits per heavy atom. The van der Waals surface area contributed by atoms with E-state index in [0.717, 1.165) is 0 Å². The highest BCUT2D eigenvalue weighted by atomic mass is 35.5. The Morgan fingerprint density at radius 2 is 2.20 bits per heavy atom. The van der Waals surface area contributed by atoms with E-state index in [1.165, 1.54) is 6.07 Å². The minimum atomic E-state index is -0.539. The highest BCUT2D eigenvalue weighted by Crippen LogP contribution is 2.26. The van der Waals surface area contributed by atoms with Gasteiger partial charge in [0.1, 0.15) is 5.69 Å². The first-order chi connectivity index (χ1) is 7.10. The molecule has 15 heavy (non-hydrogen) atoms. The van der Waals surface area contributed by atoms with Crippen LogP contribution in [-0.2, 0) is 10.6 Å². The fraction of sp³-hybridized carbons (Fsp3) is 0.333. The maximum atomic E-state index is 11.3. The zero-order valence-corrected chi connectivity index (χ0v) is 10.2. The van der Waals surface area contributed by atoms with Gasteiger partial charge in [0.25, 0.3) is 0 Å². The molecule has 0 aliphatic rings. The van der Waals surface area contributed by atoms with Crippen LogP contribution in [0.2, 0.25) is 10.0 Å².